The van der Waals surface area contributed by atoms with Gasteiger partial charge in [-0.15, -0.1) is 0 Å². The van der Waals surface area contributed by atoms with E-state index in [1.165, 1.54) is 89.9 Å². The van der Waals surface area contributed by atoms with Crippen LogP contribution in [0.4, 0.5) is 0 Å². The molecule has 0 aromatic heterocycles. The Kier molecular flexibility index (Phi) is 7.26. The van der Waals surface area contributed by atoms with Crippen molar-refractivity contribution in [3.05, 3.63) is 0 Å². The van der Waals surface area contributed by atoms with E-state index in [4.69, 9.17) is 0 Å². The van der Waals surface area contributed by atoms with Gasteiger partial charge in [-0.3, -0.25) is 4.79 Å². The quantitative estimate of drug-likeness (QED) is 0.486. The van der Waals surface area contributed by atoms with Gasteiger partial charge in [-0.05, 0) is 43.9 Å². The van der Waals surface area contributed by atoms with E-state index in [0.29, 0.717) is 11.8 Å². The summed E-state index contributed by atoms with van der Waals surface area (Å²) in [6, 6.07) is 0. The van der Waals surface area contributed by atoms with Crippen molar-refractivity contribution in [3.63, 3.8) is 0 Å². The maximum absolute atomic E-state index is 12.2. The Labute approximate surface area is 132 Å². The Bertz CT molecular complexity index is 266. The summed E-state index contributed by atoms with van der Waals surface area (Å²) in [5.41, 5.74) is -0.0748. The van der Waals surface area contributed by atoms with E-state index >= 15 is 0 Å². The molecule has 2 rings (SSSR count). The summed E-state index contributed by atoms with van der Waals surface area (Å²) in [4.78, 5) is 12.2. The summed E-state index contributed by atoms with van der Waals surface area (Å²) in [5.74, 6) is 1.29. The molecule has 2 saturated carbocycles. The second kappa shape index (κ2) is 8.96. The maximum atomic E-state index is 12.2. The normalized spacial score (nSPS) is 22.3. The van der Waals surface area contributed by atoms with Crippen LogP contribution >= 0.6 is 0 Å². The van der Waals surface area contributed by atoms with Crippen LogP contribution < -0.4 is 0 Å². The minimum Gasteiger partial charge on any atom is -0.290 e. The van der Waals surface area contributed by atoms with Gasteiger partial charge in [0.25, 0.3) is 0 Å². The maximum Gasteiger partial charge on any atom is 0.205 e. The molecule has 0 atom stereocenters. The summed E-state index contributed by atoms with van der Waals surface area (Å²) < 4.78 is 0. The van der Waals surface area contributed by atoms with E-state index in [1.807, 2.05) is 0 Å². The first-order valence-corrected chi connectivity index (χ1v) is 9.73. The van der Waals surface area contributed by atoms with E-state index in [9.17, 15) is 4.79 Å². The zero-order valence-corrected chi connectivity index (χ0v) is 14.2. The second-order valence-electron chi connectivity index (χ2n) is 7.62. The molecule has 2 aliphatic carbocycles. The van der Waals surface area contributed by atoms with E-state index < -0.39 is 0 Å². The predicted molar refractivity (Wildman–Crippen MR) is 90.0 cm³/mol. The fourth-order valence-corrected chi connectivity index (χ4v) is 5.04. The molecule has 21 heavy (non-hydrogen) atoms. The molecular formula is C20H35O. The van der Waals surface area contributed by atoms with Gasteiger partial charge in [0, 0.05) is 5.41 Å². The van der Waals surface area contributed by atoms with Crippen molar-refractivity contribution in [2.75, 3.05) is 0 Å². The van der Waals surface area contributed by atoms with Crippen molar-refractivity contribution in [2.24, 2.45) is 17.3 Å². The van der Waals surface area contributed by atoms with Crippen molar-refractivity contribution >= 4 is 6.29 Å². The van der Waals surface area contributed by atoms with Gasteiger partial charge in [-0.25, -0.2) is 0 Å². The van der Waals surface area contributed by atoms with Crippen molar-refractivity contribution in [1.29, 1.82) is 0 Å². The predicted octanol–water partition coefficient (Wildman–Crippen LogP) is 6.21. The summed E-state index contributed by atoms with van der Waals surface area (Å²) in [6.07, 6.45) is 22.3. The Morgan fingerprint density at radius 1 is 0.810 bits per heavy atom. The first kappa shape index (κ1) is 17.0. The van der Waals surface area contributed by atoms with Crippen molar-refractivity contribution in [3.8, 4) is 0 Å². The molecule has 2 fully saturated rings. The Balaban J connectivity index is 2.06. The highest BCUT2D eigenvalue weighted by Crippen LogP contribution is 2.50. The zero-order chi connectivity index (χ0) is 15.0. The molecule has 1 radical (unpaired) electrons. The molecule has 0 N–H and O–H groups in total. The lowest BCUT2D eigenvalue weighted by molar-refractivity contribution is 0.0737. The smallest absolute Gasteiger partial charge is 0.205 e. The van der Waals surface area contributed by atoms with Crippen molar-refractivity contribution in [2.45, 2.75) is 103 Å². The third kappa shape index (κ3) is 4.33. The van der Waals surface area contributed by atoms with Gasteiger partial charge in [0.05, 0.1) is 0 Å². The van der Waals surface area contributed by atoms with Crippen LogP contribution in [0.3, 0.4) is 0 Å². The third-order valence-corrected chi connectivity index (χ3v) is 6.30. The molecule has 0 aromatic rings. The number of hydrogen-bond acceptors (Lipinski definition) is 1. The average molecular weight is 291 g/mol. The molecule has 1 heteroatoms. The summed E-state index contributed by atoms with van der Waals surface area (Å²) in [6.45, 7) is 2.27. The molecule has 0 amide bonds. The van der Waals surface area contributed by atoms with Gasteiger partial charge in [0.2, 0.25) is 6.29 Å². The van der Waals surface area contributed by atoms with Crippen molar-refractivity contribution < 1.29 is 4.79 Å². The Morgan fingerprint density at radius 2 is 1.33 bits per heavy atom. The lowest BCUT2D eigenvalue weighted by Crippen LogP contribution is -2.41. The number of rotatable bonds is 8. The van der Waals surface area contributed by atoms with Gasteiger partial charge in [0.15, 0.2) is 0 Å². The van der Waals surface area contributed by atoms with E-state index in [0.717, 1.165) is 6.42 Å². The topological polar surface area (TPSA) is 17.1 Å². The Morgan fingerprint density at radius 3 is 1.76 bits per heavy atom. The number of carbonyl (C=O) groups excluding carboxylic acids is 1. The van der Waals surface area contributed by atoms with Crippen LogP contribution in [0.25, 0.3) is 0 Å². The van der Waals surface area contributed by atoms with Gasteiger partial charge in [0.1, 0.15) is 0 Å². The number of unbranched alkanes of at least 4 members (excludes halogenated alkanes) is 3. The first-order chi connectivity index (χ1) is 10.3. The third-order valence-electron chi connectivity index (χ3n) is 6.30. The summed E-state index contributed by atoms with van der Waals surface area (Å²) in [5, 5.41) is 0. The monoisotopic (exact) mass is 291 g/mol. The van der Waals surface area contributed by atoms with E-state index in [1.54, 1.807) is 0 Å². The standard InChI is InChI=1S/C20H35O/c1-2-3-4-11-16-20(17-21,18-12-7-5-8-13-18)19-14-9-6-10-15-19/h18-19H,2-16H2,1H3. The molecule has 2 aliphatic rings. The summed E-state index contributed by atoms with van der Waals surface area (Å²) >= 11 is 0. The lowest BCUT2D eigenvalue weighted by atomic mass is 9.57. The molecule has 0 heterocycles. The minimum atomic E-state index is -0.0748. The van der Waals surface area contributed by atoms with Crippen LogP contribution in [0.5, 0.6) is 0 Å². The van der Waals surface area contributed by atoms with Gasteiger partial charge in [-0.1, -0.05) is 71.1 Å². The molecule has 0 saturated heterocycles. The molecule has 0 aliphatic heterocycles. The summed E-state index contributed by atoms with van der Waals surface area (Å²) in [7, 11) is 0. The zero-order valence-electron chi connectivity index (χ0n) is 14.2. The highest BCUT2D eigenvalue weighted by atomic mass is 16.1. The van der Waals surface area contributed by atoms with Crippen LogP contribution in [-0.2, 0) is 4.79 Å². The van der Waals surface area contributed by atoms with E-state index in [2.05, 4.69) is 13.2 Å². The van der Waals surface area contributed by atoms with Crippen LogP contribution in [0.1, 0.15) is 103 Å². The fraction of sp³-hybridized carbons (Fsp3) is 0.950. The average Bonchev–Trinajstić information content (AvgIpc) is 2.57. The van der Waals surface area contributed by atoms with Crippen LogP contribution in [0, 0.1) is 17.3 Å². The SMILES string of the molecule is CCCCCCC([C]=O)(C1CCCCC1)C1CCCCC1. The van der Waals surface area contributed by atoms with E-state index in [-0.39, 0.29) is 5.41 Å². The molecule has 0 unspecified atom stereocenters. The molecule has 0 bridgehead atoms. The first-order valence-electron chi connectivity index (χ1n) is 9.73. The largest absolute Gasteiger partial charge is 0.290 e. The van der Waals surface area contributed by atoms with Crippen LogP contribution in [-0.4, -0.2) is 6.29 Å². The fourth-order valence-electron chi connectivity index (χ4n) is 5.04. The minimum absolute atomic E-state index is 0.0748. The highest BCUT2D eigenvalue weighted by molar-refractivity contribution is 5.61. The van der Waals surface area contributed by atoms with Crippen molar-refractivity contribution in [1.82, 2.24) is 0 Å². The highest BCUT2D eigenvalue weighted by Gasteiger charge is 2.45. The van der Waals surface area contributed by atoms with Gasteiger partial charge >= 0.3 is 0 Å². The van der Waals surface area contributed by atoms with Crippen LogP contribution in [0.15, 0.2) is 0 Å². The van der Waals surface area contributed by atoms with Gasteiger partial charge in [-0.2, -0.15) is 0 Å². The van der Waals surface area contributed by atoms with Crippen LogP contribution in [0.2, 0.25) is 0 Å². The lowest BCUT2D eigenvalue weighted by Gasteiger charge is -2.45. The molecule has 0 spiro atoms. The molecule has 121 valence electrons. The second-order valence-corrected chi connectivity index (χ2v) is 7.62. The molecule has 1 nitrogen and oxygen atoms in total. The number of hydrogen-bond donors (Lipinski definition) is 0. The van der Waals surface area contributed by atoms with Gasteiger partial charge < -0.3 is 0 Å². The molecular weight excluding hydrogens is 256 g/mol. The molecule has 0 aromatic carbocycles. The Hall–Kier alpha value is -0.330.